The van der Waals surface area contributed by atoms with E-state index in [-0.39, 0.29) is 23.3 Å². The van der Waals surface area contributed by atoms with Gasteiger partial charge in [0, 0.05) is 39.4 Å². The van der Waals surface area contributed by atoms with Crippen molar-refractivity contribution in [2.24, 2.45) is 18.9 Å². The maximum atomic E-state index is 14.5. The smallest absolute Gasteiger partial charge is 0.250 e. The van der Waals surface area contributed by atoms with Crippen LogP contribution in [0.2, 0.25) is 0 Å². The molecule has 2 unspecified atom stereocenters. The Kier molecular flexibility index (Phi) is 7.80. The van der Waals surface area contributed by atoms with E-state index in [9.17, 15) is 23.6 Å². The zero-order valence-corrected chi connectivity index (χ0v) is 22.9. The van der Waals surface area contributed by atoms with Crippen LogP contribution in [0.1, 0.15) is 46.5 Å². The zero-order valence-electron chi connectivity index (χ0n) is 22.9. The van der Waals surface area contributed by atoms with Gasteiger partial charge in [-0.3, -0.25) is 19.2 Å². The van der Waals surface area contributed by atoms with E-state index in [2.05, 4.69) is 5.32 Å². The Morgan fingerprint density at radius 3 is 2.42 bits per heavy atom. The number of hydrogen-bond acceptors (Lipinski definition) is 5. The van der Waals surface area contributed by atoms with E-state index in [1.807, 2.05) is 25.7 Å². The number of nitrogens with zero attached hydrogens (tertiary/aromatic N) is 4. The molecule has 1 aliphatic carbocycles. The highest BCUT2D eigenvalue weighted by Gasteiger charge is 2.53. The summed E-state index contributed by atoms with van der Waals surface area (Å²) in [6.45, 7) is 6.77. The summed E-state index contributed by atoms with van der Waals surface area (Å²) in [6, 6.07) is 2.43. The highest BCUT2D eigenvalue weighted by Crippen LogP contribution is 2.39. The molecule has 1 N–H and O–H groups in total. The van der Waals surface area contributed by atoms with E-state index < -0.39 is 29.2 Å². The van der Waals surface area contributed by atoms with Gasteiger partial charge in [0.2, 0.25) is 23.3 Å². The van der Waals surface area contributed by atoms with E-state index in [0.717, 1.165) is 17.7 Å². The molecule has 10 heteroatoms. The Hall–Kier alpha value is -3.43. The average molecular weight is 528 g/mol. The number of rotatable bonds is 6. The molecular formula is C28H38FN5O4. The van der Waals surface area contributed by atoms with E-state index in [1.165, 1.54) is 16.7 Å². The first kappa shape index (κ1) is 27.6. The Labute approximate surface area is 222 Å². The molecule has 3 heterocycles. The summed E-state index contributed by atoms with van der Waals surface area (Å²) in [5.74, 6) is -2.31. The van der Waals surface area contributed by atoms with Crippen molar-refractivity contribution in [1.29, 1.82) is 0 Å². The molecular weight excluding hydrogens is 489 g/mol. The van der Waals surface area contributed by atoms with Gasteiger partial charge in [0.05, 0.1) is 18.3 Å². The number of aryl methyl sites for hydroxylation is 1. The normalized spacial score (nSPS) is 22.0. The van der Waals surface area contributed by atoms with E-state index in [0.29, 0.717) is 39.0 Å². The van der Waals surface area contributed by atoms with Crippen molar-refractivity contribution in [1.82, 2.24) is 19.7 Å². The molecule has 9 nitrogen and oxygen atoms in total. The molecule has 1 aromatic heterocycles. The Bertz CT molecular complexity index is 1230. The van der Waals surface area contributed by atoms with Crippen molar-refractivity contribution >= 4 is 23.4 Å². The van der Waals surface area contributed by atoms with Gasteiger partial charge in [-0.1, -0.05) is 32.4 Å². The summed E-state index contributed by atoms with van der Waals surface area (Å²) < 4.78 is 16.0. The van der Waals surface area contributed by atoms with E-state index in [4.69, 9.17) is 0 Å². The molecule has 206 valence electrons. The van der Waals surface area contributed by atoms with Crippen LogP contribution in [0.5, 0.6) is 0 Å². The average Bonchev–Trinajstić information content (AvgIpc) is 3.13. The zero-order chi connectivity index (χ0) is 27.8. The molecule has 3 aliphatic rings. The summed E-state index contributed by atoms with van der Waals surface area (Å²) in [5.41, 5.74) is 0.835. The van der Waals surface area contributed by atoms with Crippen LogP contribution in [0.4, 0.5) is 10.1 Å². The van der Waals surface area contributed by atoms with Gasteiger partial charge < -0.3 is 24.6 Å². The Morgan fingerprint density at radius 1 is 1.13 bits per heavy atom. The summed E-state index contributed by atoms with van der Waals surface area (Å²) in [5, 5.41) is 2.83. The molecule has 0 radical (unpaired) electrons. The lowest BCUT2D eigenvalue weighted by molar-refractivity contribution is -0.141. The van der Waals surface area contributed by atoms with Gasteiger partial charge in [-0.15, -0.1) is 0 Å². The standard InChI is InChI=1S/C28H38FN5O4/c1-6-19-7-9-22(29)21(15-19)25(36)30-24(18(2)3)26(37)33-13-11-28(12-14-33)27(38)32(5)17-34(28)20-8-10-23(35)31(4)16-20/h7-10,16,18,21,24H,6,11-15,17H2,1-5H3,(H,30,36). The number of carbonyl (C=O) groups is 3. The van der Waals surface area contributed by atoms with E-state index in [1.54, 1.807) is 42.2 Å². The van der Waals surface area contributed by atoms with Gasteiger partial charge in [0.15, 0.2) is 0 Å². The molecule has 2 fully saturated rings. The minimum absolute atomic E-state index is 0.00786. The molecule has 3 amide bonds. The Balaban J connectivity index is 1.48. The number of allylic oxidation sites excluding steroid dienone is 3. The van der Waals surface area contributed by atoms with Crippen molar-refractivity contribution in [3.8, 4) is 0 Å². The number of halogens is 1. The number of amides is 3. The van der Waals surface area contributed by atoms with Gasteiger partial charge in [0.25, 0.3) is 0 Å². The minimum atomic E-state index is -0.921. The highest BCUT2D eigenvalue weighted by molar-refractivity contribution is 5.94. The molecule has 0 bridgehead atoms. The van der Waals surface area contributed by atoms with Crippen molar-refractivity contribution in [2.75, 3.05) is 31.7 Å². The second-order valence-corrected chi connectivity index (χ2v) is 11.0. The topological polar surface area (TPSA) is 95.0 Å². The number of pyridine rings is 1. The third kappa shape index (κ3) is 5.00. The van der Waals surface area contributed by atoms with Crippen LogP contribution in [-0.4, -0.2) is 70.5 Å². The van der Waals surface area contributed by atoms with Crippen molar-refractivity contribution < 1.29 is 18.8 Å². The van der Waals surface area contributed by atoms with Crippen LogP contribution in [-0.2, 0) is 21.4 Å². The first-order chi connectivity index (χ1) is 18.0. The molecule has 2 saturated heterocycles. The maximum absolute atomic E-state index is 14.5. The van der Waals surface area contributed by atoms with Crippen LogP contribution in [0.3, 0.4) is 0 Å². The predicted octanol–water partition coefficient (Wildman–Crippen LogP) is 2.33. The maximum Gasteiger partial charge on any atom is 0.250 e. The summed E-state index contributed by atoms with van der Waals surface area (Å²) in [7, 11) is 3.43. The summed E-state index contributed by atoms with van der Waals surface area (Å²) >= 11 is 0. The fourth-order valence-electron chi connectivity index (χ4n) is 5.72. The van der Waals surface area contributed by atoms with Crippen LogP contribution in [0, 0.1) is 11.8 Å². The number of piperidine rings is 1. The van der Waals surface area contributed by atoms with Gasteiger partial charge in [-0.2, -0.15) is 0 Å². The number of hydrogen-bond donors (Lipinski definition) is 1. The fourth-order valence-corrected chi connectivity index (χ4v) is 5.72. The molecule has 2 aliphatic heterocycles. The number of nitrogens with one attached hydrogen (secondary N) is 1. The predicted molar refractivity (Wildman–Crippen MR) is 143 cm³/mol. The fraction of sp³-hybridized carbons (Fsp3) is 0.571. The minimum Gasteiger partial charge on any atom is -0.343 e. The highest BCUT2D eigenvalue weighted by atomic mass is 19.1. The van der Waals surface area contributed by atoms with E-state index >= 15 is 0 Å². The molecule has 38 heavy (non-hydrogen) atoms. The summed E-state index contributed by atoms with van der Waals surface area (Å²) in [6.07, 6.45) is 6.69. The van der Waals surface area contributed by atoms with Crippen LogP contribution in [0.25, 0.3) is 0 Å². The van der Waals surface area contributed by atoms with Crippen molar-refractivity contribution in [2.45, 2.75) is 58.0 Å². The van der Waals surface area contributed by atoms with Gasteiger partial charge in [-0.25, -0.2) is 4.39 Å². The SMILES string of the molecule is CCC1=CC=C(F)C(C(=O)NC(C(=O)N2CCC3(CC2)C(=O)N(C)CN3c2ccc(=O)n(C)c2)C(C)C)C1. The van der Waals surface area contributed by atoms with Crippen molar-refractivity contribution in [3.63, 3.8) is 0 Å². The molecule has 4 rings (SSSR count). The molecule has 0 saturated carbocycles. The van der Waals surface area contributed by atoms with Crippen LogP contribution < -0.4 is 15.8 Å². The second kappa shape index (κ2) is 10.7. The number of carbonyl (C=O) groups excluding carboxylic acids is 3. The molecule has 1 spiro atoms. The second-order valence-electron chi connectivity index (χ2n) is 11.0. The third-order valence-electron chi connectivity index (χ3n) is 8.18. The van der Waals surface area contributed by atoms with Gasteiger partial charge in [-0.05, 0) is 43.7 Å². The quantitative estimate of drug-likeness (QED) is 0.613. The first-order valence-electron chi connectivity index (χ1n) is 13.3. The number of anilines is 1. The largest absolute Gasteiger partial charge is 0.343 e. The monoisotopic (exact) mass is 527 g/mol. The van der Waals surface area contributed by atoms with Gasteiger partial charge in [0.1, 0.15) is 17.4 Å². The van der Waals surface area contributed by atoms with Crippen LogP contribution in [0.15, 0.2) is 46.7 Å². The lowest BCUT2D eigenvalue weighted by atomic mass is 9.85. The molecule has 2 atom stereocenters. The Morgan fingerprint density at radius 2 is 1.82 bits per heavy atom. The molecule has 0 aromatic carbocycles. The lowest BCUT2D eigenvalue weighted by Gasteiger charge is -2.44. The number of likely N-dealkylation sites (tertiary alicyclic amines) is 1. The number of likely N-dealkylation sites (N-methyl/N-ethyl adjacent to an activating group) is 1. The molecule has 1 aromatic rings. The van der Waals surface area contributed by atoms with Gasteiger partial charge >= 0.3 is 0 Å². The van der Waals surface area contributed by atoms with Crippen LogP contribution >= 0.6 is 0 Å². The first-order valence-corrected chi connectivity index (χ1v) is 13.3. The number of aromatic nitrogens is 1. The third-order valence-corrected chi connectivity index (χ3v) is 8.18. The lowest BCUT2D eigenvalue weighted by Crippen LogP contribution is -2.60. The summed E-state index contributed by atoms with van der Waals surface area (Å²) in [4.78, 5) is 57.3. The van der Waals surface area contributed by atoms with Crippen molar-refractivity contribution in [3.05, 3.63) is 52.2 Å².